The van der Waals surface area contributed by atoms with Gasteiger partial charge in [0.1, 0.15) is 0 Å². The highest BCUT2D eigenvalue weighted by Gasteiger charge is 2.17. The summed E-state index contributed by atoms with van der Waals surface area (Å²) in [5.74, 6) is 0.788. The van der Waals surface area contributed by atoms with Crippen LogP contribution in [0, 0.1) is 11.3 Å². The summed E-state index contributed by atoms with van der Waals surface area (Å²) in [5.41, 5.74) is 0.913. The zero-order valence-corrected chi connectivity index (χ0v) is 12.3. The summed E-state index contributed by atoms with van der Waals surface area (Å²) in [6.07, 6.45) is 9.65. The highest BCUT2D eigenvalue weighted by atomic mass is 16.1. The van der Waals surface area contributed by atoms with Crippen molar-refractivity contribution in [2.45, 2.75) is 60.8 Å². The smallest absolute Gasteiger partial charge is 0.160 e. The minimum atomic E-state index is -0.273. The highest BCUT2D eigenvalue weighted by molar-refractivity contribution is 5.94. The van der Waals surface area contributed by atoms with E-state index in [0.29, 0.717) is 5.92 Å². The minimum absolute atomic E-state index is 0.187. The molecule has 98 valence electrons. The van der Waals surface area contributed by atoms with Gasteiger partial charge in [0.25, 0.3) is 0 Å². The van der Waals surface area contributed by atoms with Gasteiger partial charge in [-0.25, -0.2) is 0 Å². The molecule has 1 atom stereocenters. The van der Waals surface area contributed by atoms with Gasteiger partial charge in [-0.05, 0) is 25.3 Å². The van der Waals surface area contributed by atoms with Crippen molar-refractivity contribution in [2.75, 3.05) is 0 Å². The molecule has 0 fully saturated rings. The summed E-state index contributed by atoms with van der Waals surface area (Å²) < 4.78 is 0. The number of allylic oxidation sites excluding steroid dienone is 4. The quantitative estimate of drug-likeness (QED) is 0.472. The van der Waals surface area contributed by atoms with E-state index in [0.717, 1.165) is 0 Å². The third-order valence-electron chi connectivity index (χ3n) is 2.80. The number of carbonyl (C=O) groups excluding carboxylic acids is 1. The topological polar surface area (TPSA) is 17.1 Å². The average molecular weight is 236 g/mol. The van der Waals surface area contributed by atoms with Gasteiger partial charge in [-0.1, -0.05) is 65.2 Å². The Labute approximate surface area is 107 Å². The third-order valence-corrected chi connectivity index (χ3v) is 2.80. The summed E-state index contributed by atoms with van der Waals surface area (Å²) in [7, 11) is 0. The first-order valence-corrected chi connectivity index (χ1v) is 6.68. The molecule has 0 saturated carbocycles. The van der Waals surface area contributed by atoms with Crippen LogP contribution < -0.4 is 0 Å². The predicted octanol–water partition coefficient (Wildman–Crippen LogP) is 4.93. The van der Waals surface area contributed by atoms with Gasteiger partial charge in [0.2, 0.25) is 0 Å². The Kier molecular flexibility index (Phi) is 7.10. The lowest BCUT2D eigenvalue weighted by molar-refractivity contribution is -0.121. The molecule has 0 radical (unpaired) electrons. The molecular weight excluding hydrogens is 208 g/mol. The lowest BCUT2D eigenvalue weighted by Crippen LogP contribution is -2.17. The number of ketones is 1. The van der Waals surface area contributed by atoms with E-state index in [2.05, 4.69) is 26.8 Å². The molecule has 0 aromatic heterocycles. The Morgan fingerprint density at radius 1 is 1.24 bits per heavy atom. The zero-order chi connectivity index (χ0) is 13.5. The summed E-state index contributed by atoms with van der Waals surface area (Å²) >= 11 is 0. The van der Waals surface area contributed by atoms with Gasteiger partial charge < -0.3 is 0 Å². The summed E-state index contributed by atoms with van der Waals surface area (Å²) in [6, 6.07) is 0. The number of unbranched alkanes of at least 4 members (excludes halogenated alkanes) is 1. The standard InChI is InChI=1S/C16H28O/c1-7-8-9-13(2)12-14(3)10-11-15(17)16(4,5)6/h10-13H,7-9H2,1-6H3/b11-10+,14-12+. The lowest BCUT2D eigenvalue weighted by atomic mass is 9.90. The molecule has 1 unspecified atom stereocenters. The van der Waals surface area contributed by atoms with Gasteiger partial charge in [-0.15, -0.1) is 0 Å². The minimum Gasteiger partial charge on any atom is -0.294 e. The number of rotatable bonds is 6. The molecule has 1 nitrogen and oxygen atoms in total. The van der Waals surface area contributed by atoms with E-state index >= 15 is 0 Å². The molecule has 0 amide bonds. The van der Waals surface area contributed by atoms with Crippen molar-refractivity contribution >= 4 is 5.78 Å². The van der Waals surface area contributed by atoms with Crippen molar-refractivity contribution in [3.05, 3.63) is 23.8 Å². The Bertz CT molecular complexity index is 289. The first kappa shape index (κ1) is 16.1. The van der Waals surface area contributed by atoms with Crippen LogP contribution in [0.2, 0.25) is 0 Å². The van der Waals surface area contributed by atoms with E-state index in [4.69, 9.17) is 0 Å². The first-order valence-electron chi connectivity index (χ1n) is 6.68. The fourth-order valence-corrected chi connectivity index (χ4v) is 1.57. The lowest BCUT2D eigenvalue weighted by Gasteiger charge is -2.13. The van der Waals surface area contributed by atoms with E-state index < -0.39 is 0 Å². The predicted molar refractivity (Wildman–Crippen MR) is 76.0 cm³/mol. The van der Waals surface area contributed by atoms with Gasteiger partial charge in [-0.2, -0.15) is 0 Å². The summed E-state index contributed by atoms with van der Waals surface area (Å²) in [6.45, 7) is 12.4. The molecule has 0 spiro atoms. The van der Waals surface area contributed by atoms with Crippen LogP contribution in [0.4, 0.5) is 0 Å². The van der Waals surface area contributed by atoms with E-state index in [-0.39, 0.29) is 11.2 Å². The van der Waals surface area contributed by atoms with Crippen molar-refractivity contribution in [3.63, 3.8) is 0 Å². The van der Waals surface area contributed by atoms with Crippen LogP contribution in [0.5, 0.6) is 0 Å². The largest absolute Gasteiger partial charge is 0.294 e. The molecule has 17 heavy (non-hydrogen) atoms. The van der Waals surface area contributed by atoms with Gasteiger partial charge in [0, 0.05) is 5.41 Å². The maximum absolute atomic E-state index is 11.7. The normalized spacial score (nSPS) is 15.3. The van der Waals surface area contributed by atoms with Crippen molar-refractivity contribution in [1.82, 2.24) is 0 Å². The SMILES string of the molecule is CCCCC(C)/C=C(C)/C=C/C(=O)C(C)(C)C. The second kappa shape index (κ2) is 7.47. The number of hydrogen-bond acceptors (Lipinski definition) is 1. The average Bonchev–Trinajstić information content (AvgIpc) is 2.21. The van der Waals surface area contributed by atoms with E-state index in [1.54, 1.807) is 6.08 Å². The molecule has 0 N–H and O–H groups in total. The van der Waals surface area contributed by atoms with Crippen LogP contribution in [0.25, 0.3) is 0 Å². The van der Waals surface area contributed by atoms with Crippen LogP contribution >= 0.6 is 0 Å². The number of hydrogen-bond donors (Lipinski definition) is 0. The molecule has 0 aliphatic heterocycles. The van der Waals surface area contributed by atoms with Crippen LogP contribution in [0.1, 0.15) is 60.8 Å². The number of carbonyl (C=O) groups is 1. The molecule has 0 aliphatic carbocycles. The van der Waals surface area contributed by atoms with Crippen LogP contribution in [-0.4, -0.2) is 5.78 Å². The molecule has 0 saturated heterocycles. The fourth-order valence-electron chi connectivity index (χ4n) is 1.57. The van der Waals surface area contributed by atoms with Gasteiger partial charge in [0.05, 0.1) is 0 Å². The van der Waals surface area contributed by atoms with Crippen molar-refractivity contribution in [3.8, 4) is 0 Å². The van der Waals surface area contributed by atoms with Gasteiger partial charge in [-0.3, -0.25) is 4.79 Å². The Hall–Kier alpha value is -0.850. The third kappa shape index (κ3) is 7.95. The van der Waals surface area contributed by atoms with Crippen LogP contribution in [0.3, 0.4) is 0 Å². The highest BCUT2D eigenvalue weighted by Crippen LogP contribution is 2.16. The molecular formula is C16H28O. The molecule has 0 bridgehead atoms. The summed E-state index contributed by atoms with van der Waals surface area (Å²) in [4.78, 5) is 11.7. The maximum Gasteiger partial charge on any atom is 0.160 e. The second-order valence-electron chi connectivity index (χ2n) is 5.98. The molecule has 0 aromatic rings. The molecule has 0 rings (SSSR count). The maximum atomic E-state index is 11.7. The Balaban J connectivity index is 4.33. The monoisotopic (exact) mass is 236 g/mol. The summed E-state index contributed by atoms with van der Waals surface area (Å²) in [5, 5.41) is 0. The van der Waals surface area contributed by atoms with Crippen molar-refractivity contribution in [1.29, 1.82) is 0 Å². The first-order chi connectivity index (χ1) is 7.77. The van der Waals surface area contributed by atoms with E-state index in [1.165, 1.54) is 24.8 Å². The molecule has 0 aliphatic rings. The van der Waals surface area contributed by atoms with E-state index in [1.807, 2.05) is 26.8 Å². The zero-order valence-electron chi connectivity index (χ0n) is 12.3. The fraction of sp³-hybridized carbons (Fsp3) is 0.688. The van der Waals surface area contributed by atoms with Crippen LogP contribution in [0.15, 0.2) is 23.8 Å². The Morgan fingerprint density at radius 2 is 1.82 bits per heavy atom. The van der Waals surface area contributed by atoms with Gasteiger partial charge >= 0.3 is 0 Å². The van der Waals surface area contributed by atoms with E-state index in [9.17, 15) is 4.79 Å². The van der Waals surface area contributed by atoms with Crippen molar-refractivity contribution in [2.24, 2.45) is 11.3 Å². The van der Waals surface area contributed by atoms with Gasteiger partial charge in [0.15, 0.2) is 5.78 Å². The second-order valence-corrected chi connectivity index (χ2v) is 5.98. The molecule has 1 heteroatoms. The Morgan fingerprint density at radius 3 is 2.29 bits per heavy atom. The van der Waals surface area contributed by atoms with Crippen LogP contribution in [-0.2, 0) is 4.79 Å². The molecule has 0 heterocycles. The molecule has 0 aromatic carbocycles. The van der Waals surface area contributed by atoms with Crippen molar-refractivity contribution < 1.29 is 4.79 Å².